The molecule has 0 aliphatic heterocycles. The molecule has 0 fully saturated rings. The molecular formula is C16H13NO6. The summed E-state index contributed by atoms with van der Waals surface area (Å²) in [6.45, 7) is 1.81. The summed E-state index contributed by atoms with van der Waals surface area (Å²) >= 11 is 0. The lowest BCUT2D eigenvalue weighted by Crippen LogP contribution is -1.94. The largest absolute Gasteiger partial charge is 0.508 e. The third-order valence-corrected chi connectivity index (χ3v) is 2.99. The lowest BCUT2D eigenvalue weighted by Gasteiger charge is -1.92. The smallest absolute Gasteiger partial charge is 0.335 e. The summed E-state index contributed by atoms with van der Waals surface area (Å²) in [5.41, 5.74) is 1.59. The summed E-state index contributed by atoms with van der Waals surface area (Å²) in [4.78, 5) is 20.8. The second kappa shape index (κ2) is 6.61. The minimum Gasteiger partial charge on any atom is -0.508 e. The van der Waals surface area contributed by atoms with E-state index in [9.17, 15) is 9.59 Å². The number of aromatic carboxylic acids is 2. The van der Waals surface area contributed by atoms with Gasteiger partial charge in [0.25, 0.3) is 0 Å². The maximum absolute atomic E-state index is 10.6. The fraction of sp³-hybridized carbons (Fsp3) is 0.0625. The summed E-state index contributed by atoms with van der Waals surface area (Å²) in [5, 5.41) is 30.5. The molecule has 3 rings (SSSR count). The van der Waals surface area contributed by atoms with Gasteiger partial charge < -0.3 is 19.8 Å². The summed E-state index contributed by atoms with van der Waals surface area (Å²) in [6, 6.07) is 10.2. The molecule has 0 atom stereocenters. The van der Waals surface area contributed by atoms with Crippen molar-refractivity contribution in [2.24, 2.45) is 0 Å². The van der Waals surface area contributed by atoms with Crippen molar-refractivity contribution in [2.75, 3.05) is 0 Å². The van der Waals surface area contributed by atoms with Crippen LogP contribution in [-0.2, 0) is 0 Å². The zero-order valence-electron chi connectivity index (χ0n) is 12.1. The first-order chi connectivity index (χ1) is 10.9. The van der Waals surface area contributed by atoms with Crippen molar-refractivity contribution in [2.45, 2.75) is 6.92 Å². The topological polar surface area (TPSA) is 121 Å². The minimum atomic E-state index is -1.03. The van der Waals surface area contributed by atoms with Crippen LogP contribution in [0, 0.1) is 6.92 Å². The van der Waals surface area contributed by atoms with Crippen molar-refractivity contribution in [1.29, 1.82) is 0 Å². The van der Waals surface area contributed by atoms with Gasteiger partial charge in [0, 0.05) is 5.39 Å². The molecule has 0 aliphatic rings. The zero-order valence-corrected chi connectivity index (χ0v) is 12.1. The van der Waals surface area contributed by atoms with Crippen molar-refractivity contribution in [3.63, 3.8) is 0 Å². The van der Waals surface area contributed by atoms with Crippen LogP contribution in [0.25, 0.3) is 11.0 Å². The van der Waals surface area contributed by atoms with E-state index in [2.05, 4.69) is 5.16 Å². The van der Waals surface area contributed by atoms with E-state index in [1.54, 1.807) is 6.07 Å². The second-order valence-corrected chi connectivity index (χ2v) is 4.64. The molecule has 3 N–H and O–H groups in total. The van der Waals surface area contributed by atoms with Crippen LogP contribution in [0.1, 0.15) is 26.4 Å². The maximum atomic E-state index is 10.6. The van der Waals surface area contributed by atoms with Gasteiger partial charge in [0.15, 0.2) is 5.58 Å². The molecule has 118 valence electrons. The van der Waals surface area contributed by atoms with Gasteiger partial charge in [0.2, 0.25) is 0 Å². The van der Waals surface area contributed by atoms with Crippen LogP contribution in [0.4, 0.5) is 0 Å². The van der Waals surface area contributed by atoms with Gasteiger partial charge in [-0.1, -0.05) is 11.2 Å². The number of aryl methyl sites for hydroxylation is 1. The van der Waals surface area contributed by atoms with Crippen LogP contribution in [0.15, 0.2) is 47.0 Å². The van der Waals surface area contributed by atoms with E-state index < -0.39 is 11.9 Å². The third-order valence-electron chi connectivity index (χ3n) is 2.99. The van der Waals surface area contributed by atoms with Gasteiger partial charge in [-0.3, -0.25) is 0 Å². The Balaban J connectivity index is 0.000000174. The number of hydrogen-bond donors (Lipinski definition) is 3. The van der Waals surface area contributed by atoms with Gasteiger partial charge in [0.1, 0.15) is 5.75 Å². The summed E-state index contributed by atoms with van der Waals surface area (Å²) in [7, 11) is 0. The Bertz CT molecular complexity index is 868. The lowest BCUT2D eigenvalue weighted by molar-refractivity contribution is 0.0686. The number of carboxylic acids is 2. The molecule has 0 saturated heterocycles. The molecule has 3 aromatic rings. The van der Waals surface area contributed by atoms with Crippen LogP contribution in [-0.4, -0.2) is 32.4 Å². The van der Waals surface area contributed by atoms with Gasteiger partial charge in [-0.05, 0) is 43.3 Å². The van der Waals surface area contributed by atoms with Crippen molar-refractivity contribution >= 4 is 22.9 Å². The molecule has 1 aromatic heterocycles. The van der Waals surface area contributed by atoms with Crippen LogP contribution in [0.3, 0.4) is 0 Å². The Kier molecular flexibility index (Phi) is 4.61. The van der Waals surface area contributed by atoms with E-state index in [-0.39, 0.29) is 16.9 Å². The number of benzene rings is 2. The van der Waals surface area contributed by atoms with Crippen molar-refractivity contribution in [3.8, 4) is 5.75 Å². The van der Waals surface area contributed by atoms with Crippen molar-refractivity contribution in [1.82, 2.24) is 5.16 Å². The third kappa shape index (κ3) is 3.85. The highest BCUT2D eigenvalue weighted by atomic mass is 16.5. The van der Waals surface area contributed by atoms with Crippen molar-refractivity contribution < 1.29 is 29.4 Å². The molecule has 0 radical (unpaired) electrons. The highest BCUT2D eigenvalue weighted by Gasteiger charge is 2.08. The number of carbonyl (C=O) groups is 2. The number of hydrogen-bond acceptors (Lipinski definition) is 5. The Labute approximate surface area is 130 Å². The normalized spacial score (nSPS) is 9.96. The highest BCUT2D eigenvalue weighted by Crippen LogP contribution is 2.18. The van der Waals surface area contributed by atoms with E-state index in [1.807, 2.05) is 6.92 Å². The lowest BCUT2D eigenvalue weighted by atomic mass is 10.1. The number of nitrogens with zero attached hydrogens (tertiary/aromatic N) is 1. The number of aromatic hydroxyl groups is 1. The summed E-state index contributed by atoms with van der Waals surface area (Å²) in [5.74, 6) is -2.02. The number of phenols is 1. The molecule has 23 heavy (non-hydrogen) atoms. The molecule has 1 heterocycles. The number of rotatable bonds is 2. The first-order valence-corrected chi connectivity index (χ1v) is 6.50. The average Bonchev–Trinajstić information content (AvgIpc) is 2.89. The zero-order chi connectivity index (χ0) is 17.0. The first-order valence-electron chi connectivity index (χ1n) is 6.50. The Morgan fingerprint density at radius 3 is 2.22 bits per heavy atom. The predicted molar refractivity (Wildman–Crippen MR) is 80.8 cm³/mol. The highest BCUT2D eigenvalue weighted by molar-refractivity contribution is 5.93. The van der Waals surface area contributed by atoms with E-state index >= 15 is 0 Å². The molecular weight excluding hydrogens is 302 g/mol. The first kappa shape index (κ1) is 16.0. The van der Waals surface area contributed by atoms with Gasteiger partial charge in [-0.15, -0.1) is 0 Å². The number of fused-ring (bicyclic) bond motifs is 1. The van der Waals surface area contributed by atoms with Crippen molar-refractivity contribution in [3.05, 3.63) is 59.3 Å². The second-order valence-electron chi connectivity index (χ2n) is 4.64. The molecule has 0 amide bonds. The van der Waals surface area contributed by atoms with E-state index in [4.69, 9.17) is 19.8 Å². The predicted octanol–water partition coefficient (Wildman–Crippen LogP) is 2.92. The fourth-order valence-electron chi connectivity index (χ4n) is 1.84. The van der Waals surface area contributed by atoms with Gasteiger partial charge in [0.05, 0.1) is 16.8 Å². The van der Waals surface area contributed by atoms with E-state index in [1.165, 1.54) is 36.4 Å². The molecule has 0 aliphatic carbocycles. The van der Waals surface area contributed by atoms with Crippen LogP contribution in [0.5, 0.6) is 5.75 Å². The SMILES string of the molecule is Cc1noc2cc(C(=O)O)ccc12.O=C(O)c1cccc(O)c1. The monoisotopic (exact) mass is 315 g/mol. The van der Waals surface area contributed by atoms with Gasteiger partial charge >= 0.3 is 11.9 Å². The molecule has 2 aromatic carbocycles. The Morgan fingerprint density at radius 1 is 1.00 bits per heavy atom. The number of phenolic OH excluding ortho intramolecular Hbond substituents is 1. The summed E-state index contributed by atoms with van der Waals surface area (Å²) < 4.78 is 4.93. The van der Waals surface area contributed by atoms with Crippen LogP contribution in [0.2, 0.25) is 0 Å². The summed E-state index contributed by atoms with van der Waals surface area (Å²) in [6.07, 6.45) is 0. The number of carboxylic acid groups (broad SMARTS) is 2. The molecule has 7 nitrogen and oxygen atoms in total. The van der Waals surface area contributed by atoms with Gasteiger partial charge in [-0.25, -0.2) is 9.59 Å². The number of aromatic nitrogens is 1. The quantitative estimate of drug-likeness (QED) is 0.664. The van der Waals surface area contributed by atoms with Crippen LogP contribution >= 0.6 is 0 Å². The molecule has 0 saturated carbocycles. The maximum Gasteiger partial charge on any atom is 0.335 e. The average molecular weight is 315 g/mol. The Morgan fingerprint density at radius 2 is 1.65 bits per heavy atom. The Hall–Kier alpha value is -3.35. The molecule has 0 bridgehead atoms. The molecule has 0 spiro atoms. The van der Waals surface area contributed by atoms with E-state index in [0.717, 1.165) is 11.1 Å². The fourth-order valence-corrected chi connectivity index (χ4v) is 1.84. The molecule has 0 unspecified atom stereocenters. The van der Waals surface area contributed by atoms with E-state index in [0.29, 0.717) is 5.58 Å². The van der Waals surface area contributed by atoms with Gasteiger partial charge in [-0.2, -0.15) is 0 Å². The standard InChI is InChI=1S/C9H7NO3.C7H6O3/c1-5-7-3-2-6(9(11)12)4-8(7)13-10-5;8-6-3-1-2-5(4-6)7(9)10/h2-4H,1H3,(H,11,12);1-4,8H,(H,9,10). The molecule has 7 heteroatoms. The van der Waals surface area contributed by atoms with Crippen LogP contribution < -0.4 is 0 Å². The minimum absolute atomic E-state index is 0.0279.